The van der Waals surface area contributed by atoms with Gasteiger partial charge in [0, 0.05) is 12.4 Å². The Morgan fingerprint density at radius 1 is 1.18 bits per heavy atom. The fourth-order valence-corrected chi connectivity index (χ4v) is 1.91. The summed E-state index contributed by atoms with van der Waals surface area (Å²) < 4.78 is 5.75. The third-order valence-electron chi connectivity index (χ3n) is 2.84. The molecule has 0 aliphatic heterocycles. The van der Waals surface area contributed by atoms with Gasteiger partial charge in [0.2, 0.25) is 0 Å². The Balaban J connectivity index is 4.24. The number of nitrogens with zero attached hydrogens (tertiary/aromatic N) is 1. The molecule has 0 aromatic rings. The van der Waals surface area contributed by atoms with E-state index < -0.39 is 18.0 Å². The van der Waals surface area contributed by atoms with Crippen molar-refractivity contribution in [2.75, 3.05) is 27.7 Å². The van der Waals surface area contributed by atoms with Crippen LogP contribution in [-0.4, -0.2) is 50.2 Å². The number of allylic oxidation sites excluding steroid dienone is 3. The zero-order valence-corrected chi connectivity index (χ0v) is 14.2. The third kappa shape index (κ3) is 13.4. The SMILES string of the molecule is CCCC/C=C/C=C/CC(=O)OC(CC(=O)[O-])C[N+](C)(C)C. The number of hydrogen-bond donors (Lipinski definition) is 0. The molecule has 0 N–H and O–H groups in total. The minimum atomic E-state index is -1.21. The molecular weight excluding hydrogens is 282 g/mol. The molecule has 0 bridgehead atoms. The van der Waals surface area contributed by atoms with Gasteiger partial charge in [0.15, 0.2) is 6.10 Å². The molecule has 0 aliphatic carbocycles. The number of carbonyl (C=O) groups excluding carboxylic acids is 2. The average molecular weight is 311 g/mol. The first-order valence-electron chi connectivity index (χ1n) is 7.76. The van der Waals surface area contributed by atoms with E-state index in [9.17, 15) is 14.7 Å². The van der Waals surface area contributed by atoms with Gasteiger partial charge in [-0.1, -0.05) is 44.1 Å². The first kappa shape index (κ1) is 20.4. The quantitative estimate of drug-likeness (QED) is 0.251. The van der Waals surface area contributed by atoms with Crippen LogP contribution in [-0.2, 0) is 14.3 Å². The van der Waals surface area contributed by atoms with E-state index >= 15 is 0 Å². The minimum Gasteiger partial charge on any atom is -0.550 e. The second-order valence-corrected chi connectivity index (χ2v) is 6.36. The molecule has 0 saturated heterocycles. The smallest absolute Gasteiger partial charge is 0.310 e. The van der Waals surface area contributed by atoms with Crippen molar-refractivity contribution in [2.24, 2.45) is 0 Å². The van der Waals surface area contributed by atoms with Crippen molar-refractivity contribution >= 4 is 11.9 Å². The molecule has 0 saturated carbocycles. The fraction of sp³-hybridized carbons (Fsp3) is 0.647. The number of rotatable bonds is 11. The number of ether oxygens (including phenoxy) is 1. The van der Waals surface area contributed by atoms with Gasteiger partial charge in [-0.2, -0.15) is 0 Å². The molecule has 1 unspecified atom stereocenters. The van der Waals surface area contributed by atoms with Crippen LogP contribution in [0.15, 0.2) is 24.3 Å². The molecule has 0 heterocycles. The number of carboxylic acids is 1. The van der Waals surface area contributed by atoms with E-state index in [1.54, 1.807) is 6.08 Å². The van der Waals surface area contributed by atoms with Crippen LogP contribution in [0.1, 0.15) is 39.0 Å². The maximum absolute atomic E-state index is 11.7. The lowest BCUT2D eigenvalue weighted by Crippen LogP contribution is -2.45. The number of likely N-dealkylation sites (N-methyl/N-ethyl adjacent to an activating group) is 1. The molecule has 0 aliphatic rings. The molecule has 0 aromatic heterocycles. The van der Waals surface area contributed by atoms with E-state index in [2.05, 4.69) is 13.0 Å². The van der Waals surface area contributed by atoms with Crippen molar-refractivity contribution in [1.82, 2.24) is 0 Å². The molecule has 0 fully saturated rings. The molecule has 126 valence electrons. The Morgan fingerprint density at radius 2 is 1.82 bits per heavy atom. The first-order chi connectivity index (χ1) is 10.2. The fourth-order valence-electron chi connectivity index (χ4n) is 1.91. The number of carboxylic acid groups (broad SMARTS) is 1. The lowest BCUT2D eigenvalue weighted by atomic mass is 10.2. The highest BCUT2D eigenvalue weighted by molar-refractivity contribution is 5.72. The van der Waals surface area contributed by atoms with Crippen molar-refractivity contribution in [2.45, 2.75) is 45.1 Å². The monoisotopic (exact) mass is 311 g/mol. The zero-order chi connectivity index (χ0) is 17.0. The summed E-state index contributed by atoms with van der Waals surface area (Å²) in [6.45, 7) is 2.57. The minimum absolute atomic E-state index is 0.138. The van der Waals surface area contributed by atoms with Gasteiger partial charge in [-0.05, 0) is 6.42 Å². The van der Waals surface area contributed by atoms with E-state index in [4.69, 9.17) is 4.74 Å². The van der Waals surface area contributed by atoms with E-state index in [1.165, 1.54) is 0 Å². The largest absolute Gasteiger partial charge is 0.550 e. The average Bonchev–Trinajstić information content (AvgIpc) is 2.34. The molecule has 0 amide bonds. The normalized spacial score (nSPS) is 13.6. The number of esters is 1. The van der Waals surface area contributed by atoms with E-state index in [0.717, 1.165) is 19.3 Å². The molecule has 0 rings (SSSR count). The predicted octanol–water partition coefficient (Wildman–Crippen LogP) is 1.44. The summed E-state index contributed by atoms with van der Waals surface area (Å²) in [5.41, 5.74) is 0. The van der Waals surface area contributed by atoms with Gasteiger partial charge in [-0.3, -0.25) is 4.79 Å². The highest BCUT2D eigenvalue weighted by Gasteiger charge is 2.21. The maximum Gasteiger partial charge on any atom is 0.310 e. The Bertz CT molecular complexity index is 394. The number of carbonyl (C=O) groups is 2. The molecule has 1 atom stereocenters. The highest BCUT2D eigenvalue weighted by Crippen LogP contribution is 2.06. The van der Waals surface area contributed by atoms with Crippen molar-refractivity contribution in [3.8, 4) is 0 Å². The van der Waals surface area contributed by atoms with Crippen LogP contribution >= 0.6 is 0 Å². The van der Waals surface area contributed by atoms with Gasteiger partial charge in [0.25, 0.3) is 0 Å². The van der Waals surface area contributed by atoms with Crippen LogP contribution in [0, 0.1) is 0 Å². The molecule has 5 heteroatoms. The first-order valence-corrected chi connectivity index (χ1v) is 7.76. The van der Waals surface area contributed by atoms with Crippen LogP contribution in [0.4, 0.5) is 0 Å². The highest BCUT2D eigenvalue weighted by atomic mass is 16.5. The van der Waals surface area contributed by atoms with E-state index in [1.807, 2.05) is 33.3 Å². The lowest BCUT2D eigenvalue weighted by Gasteiger charge is -2.29. The molecular formula is C17H29NO4. The van der Waals surface area contributed by atoms with Crippen LogP contribution < -0.4 is 5.11 Å². The van der Waals surface area contributed by atoms with Crippen molar-refractivity contribution < 1.29 is 23.9 Å². The maximum atomic E-state index is 11.7. The second-order valence-electron chi connectivity index (χ2n) is 6.36. The van der Waals surface area contributed by atoms with Crippen molar-refractivity contribution in [1.29, 1.82) is 0 Å². The van der Waals surface area contributed by atoms with Gasteiger partial charge >= 0.3 is 5.97 Å². The van der Waals surface area contributed by atoms with Crippen LogP contribution in [0.25, 0.3) is 0 Å². The summed E-state index contributed by atoms with van der Waals surface area (Å²) in [6, 6.07) is 0. The number of aliphatic carboxylic acids is 1. The van der Waals surface area contributed by atoms with Gasteiger partial charge in [-0.15, -0.1) is 0 Å². The topological polar surface area (TPSA) is 66.4 Å². The summed E-state index contributed by atoms with van der Waals surface area (Å²) in [7, 11) is 5.74. The Morgan fingerprint density at radius 3 is 2.36 bits per heavy atom. The Hall–Kier alpha value is -1.62. The van der Waals surface area contributed by atoms with E-state index in [0.29, 0.717) is 11.0 Å². The summed E-state index contributed by atoms with van der Waals surface area (Å²) in [5, 5.41) is 10.7. The van der Waals surface area contributed by atoms with Crippen LogP contribution in [0.3, 0.4) is 0 Å². The van der Waals surface area contributed by atoms with Crippen LogP contribution in [0.2, 0.25) is 0 Å². The summed E-state index contributed by atoms with van der Waals surface area (Å²) in [5.74, 6) is -1.63. The van der Waals surface area contributed by atoms with E-state index in [-0.39, 0.29) is 12.8 Å². The number of hydrogen-bond acceptors (Lipinski definition) is 4. The third-order valence-corrected chi connectivity index (χ3v) is 2.84. The standard InChI is InChI=1S/C17H29NO4/c1-5-6-7-8-9-10-11-12-17(21)22-15(13-16(19)20)14-18(2,3)4/h8-11,15H,5-7,12-14H2,1-4H3/b9-8+,11-10+. The Labute approximate surface area is 133 Å². The molecule has 0 radical (unpaired) electrons. The zero-order valence-electron chi connectivity index (χ0n) is 14.2. The van der Waals surface area contributed by atoms with Gasteiger partial charge < -0.3 is 19.1 Å². The molecule has 5 nitrogen and oxygen atoms in total. The summed E-state index contributed by atoms with van der Waals surface area (Å²) >= 11 is 0. The summed E-state index contributed by atoms with van der Waals surface area (Å²) in [4.78, 5) is 22.5. The number of unbranched alkanes of at least 4 members (excludes halogenated alkanes) is 2. The van der Waals surface area contributed by atoms with Crippen LogP contribution in [0.5, 0.6) is 0 Å². The summed E-state index contributed by atoms with van der Waals surface area (Å²) in [6.07, 6.45) is 10.0. The molecule has 0 spiro atoms. The lowest BCUT2D eigenvalue weighted by molar-refractivity contribution is -0.873. The second kappa shape index (κ2) is 11.0. The molecule has 22 heavy (non-hydrogen) atoms. The Kier molecular flexibility index (Phi) is 10.2. The van der Waals surface area contributed by atoms with Gasteiger partial charge in [-0.25, -0.2) is 0 Å². The van der Waals surface area contributed by atoms with Crippen molar-refractivity contribution in [3.63, 3.8) is 0 Å². The van der Waals surface area contributed by atoms with Crippen molar-refractivity contribution in [3.05, 3.63) is 24.3 Å². The van der Waals surface area contributed by atoms with Gasteiger partial charge in [0.05, 0.1) is 27.6 Å². The molecule has 0 aromatic carbocycles. The van der Waals surface area contributed by atoms with Gasteiger partial charge in [0.1, 0.15) is 6.54 Å². The number of quaternary nitrogens is 1. The predicted molar refractivity (Wildman–Crippen MR) is 84.8 cm³/mol.